The molecule has 4 saturated carbocycles. The average molecular weight is 569 g/mol. The fraction of sp³-hybridized carbons (Fsp3) is 0.765. The molecule has 0 saturated heterocycles. The molecule has 0 aromatic rings. The number of esters is 2. The van der Waals surface area contributed by atoms with Crippen molar-refractivity contribution < 1.29 is 33.8 Å². The van der Waals surface area contributed by atoms with Gasteiger partial charge in [0.2, 0.25) is 0 Å². The number of aliphatic hydroxyl groups excluding tert-OH is 1. The summed E-state index contributed by atoms with van der Waals surface area (Å²) in [6.07, 6.45) is 8.38. The summed E-state index contributed by atoms with van der Waals surface area (Å²) in [7, 11) is 0. The van der Waals surface area contributed by atoms with Gasteiger partial charge in [0.15, 0.2) is 17.7 Å². The number of ketones is 2. The number of allylic oxidation sites excluding steroid dienone is 2. The topological polar surface area (TPSA) is 107 Å². The maximum absolute atomic E-state index is 13.7. The number of fused-ring (bicyclic) bond motifs is 2. The first-order valence-electron chi connectivity index (χ1n) is 15.5. The van der Waals surface area contributed by atoms with Crippen molar-refractivity contribution in [2.24, 2.45) is 57.2 Å². The van der Waals surface area contributed by atoms with Crippen LogP contribution in [-0.2, 0) is 28.7 Å². The summed E-state index contributed by atoms with van der Waals surface area (Å²) < 4.78 is 11.8. The molecule has 4 fully saturated rings. The summed E-state index contributed by atoms with van der Waals surface area (Å²) in [4.78, 5) is 51.1. The highest BCUT2D eigenvalue weighted by atomic mass is 16.6. The maximum atomic E-state index is 13.7. The Morgan fingerprint density at radius 2 is 1.78 bits per heavy atom. The molecule has 41 heavy (non-hydrogen) atoms. The van der Waals surface area contributed by atoms with Crippen LogP contribution in [0, 0.1) is 57.2 Å². The molecule has 5 aliphatic carbocycles. The molecule has 0 bridgehead atoms. The first kappa shape index (κ1) is 30.2. The zero-order valence-corrected chi connectivity index (χ0v) is 25.8. The highest BCUT2D eigenvalue weighted by Crippen LogP contribution is 2.87. The smallest absolute Gasteiger partial charge is 0.303 e. The molecule has 7 nitrogen and oxygen atoms in total. The van der Waals surface area contributed by atoms with Gasteiger partial charge in [-0.15, -0.1) is 0 Å². The van der Waals surface area contributed by atoms with Crippen molar-refractivity contribution in [2.75, 3.05) is 6.61 Å². The zero-order chi connectivity index (χ0) is 30.3. The Kier molecular flexibility index (Phi) is 7.28. The molecule has 0 aromatic heterocycles. The fourth-order valence-electron chi connectivity index (χ4n) is 10.9. The minimum absolute atomic E-state index is 0.0523. The molecule has 1 N–H and O–H groups in total. The van der Waals surface area contributed by atoms with Crippen molar-refractivity contribution in [1.29, 1.82) is 0 Å². The summed E-state index contributed by atoms with van der Waals surface area (Å²) in [5, 5.41) is 9.69. The van der Waals surface area contributed by atoms with Crippen LogP contribution < -0.4 is 0 Å². The highest BCUT2D eigenvalue weighted by molar-refractivity contribution is 5.99. The van der Waals surface area contributed by atoms with E-state index in [2.05, 4.69) is 33.4 Å². The predicted molar refractivity (Wildman–Crippen MR) is 153 cm³/mol. The second-order valence-electron chi connectivity index (χ2n) is 14.7. The molecule has 0 aliphatic heterocycles. The van der Waals surface area contributed by atoms with Gasteiger partial charge in [-0.3, -0.25) is 19.2 Å². The van der Waals surface area contributed by atoms with Crippen LogP contribution in [0.5, 0.6) is 0 Å². The second-order valence-corrected chi connectivity index (χ2v) is 14.7. The van der Waals surface area contributed by atoms with Gasteiger partial charge in [0, 0.05) is 44.1 Å². The molecule has 2 spiro atoms. The minimum Gasteiger partial charge on any atom is -0.462 e. The lowest BCUT2D eigenvalue weighted by Gasteiger charge is -2.61. The number of Topliss-reactive ketones (excluding diaryl/α,β-unsaturated/α-hetero) is 1. The van der Waals surface area contributed by atoms with Crippen LogP contribution >= 0.6 is 0 Å². The largest absolute Gasteiger partial charge is 0.462 e. The number of rotatable bonds is 8. The molecule has 5 aliphatic rings. The van der Waals surface area contributed by atoms with E-state index in [0.717, 1.165) is 32.1 Å². The third kappa shape index (κ3) is 4.07. The van der Waals surface area contributed by atoms with Gasteiger partial charge in [-0.25, -0.2) is 0 Å². The fourth-order valence-corrected chi connectivity index (χ4v) is 10.9. The molecule has 12 atom stereocenters. The normalized spacial score (nSPS) is 44.3. The monoisotopic (exact) mass is 568 g/mol. The van der Waals surface area contributed by atoms with Gasteiger partial charge in [-0.05, 0) is 83.7 Å². The Morgan fingerprint density at radius 1 is 1.10 bits per heavy atom. The molecular formula is C34H48O7. The molecule has 226 valence electrons. The Labute approximate surface area is 244 Å². The van der Waals surface area contributed by atoms with E-state index in [1.165, 1.54) is 13.8 Å². The molecule has 5 rings (SSSR count). The number of carbonyl (C=O) groups is 4. The van der Waals surface area contributed by atoms with Crippen molar-refractivity contribution in [3.63, 3.8) is 0 Å². The van der Waals surface area contributed by atoms with Gasteiger partial charge in [0.05, 0.1) is 0 Å². The van der Waals surface area contributed by atoms with Crippen molar-refractivity contribution in [3.05, 3.63) is 24.3 Å². The number of carbonyl (C=O) groups excluding carboxylic acids is 4. The number of hydrogen-bond acceptors (Lipinski definition) is 7. The molecule has 4 unspecified atom stereocenters. The van der Waals surface area contributed by atoms with Crippen molar-refractivity contribution in [3.8, 4) is 0 Å². The van der Waals surface area contributed by atoms with E-state index in [-0.39, 0.29) is 63.2 Å². The number of aliphatic hydroxyl groups is 1. The number of hydrogen-bond donors (Lipinski definition) is 1. The first-order valence-corrected chi connectivity index (χ1v) is 15.5. The summed E-state index contributed by atoms with van der Waals surface area (Å²) in [6, 6.07) is 0. The van der Waals surface area contributed by atoms with Crippen LogP contribution in [0.25, 0.3) is 0 Å². The minimum atomic E-state index is -1.08. The average Bonchev–Trinajstić information content (AvgIpc) is 3.52. The molecular weight excluding hydrogens is 520 g/mol. The SMILES string of the molecule is C=C(C(=O)[C@H](OC(C)=O)C(C)[C@H]1[C@@H](OC(C)=O)C[C@@]2(C)[C@@H]3CC[C@H]4[C@H](C)C(=O)C=CC45CC35CC[C@]12C)C(C)CO. The van der Waals surface area contributed by atoms with Gasteiger partial charge in [-0.2, -0.15) is 0 Å². The van der Waals surface area contributed by atoms with Crippen molar-refractivity contribution in [1.82, 2.24) is 0 Å². The van der Waals surface area contributed by atoms with Gasteiger partial charge >= 0.3 is 11.9 Å². The van der Waals surface area contributed by atoms with Crippen LogP contribution in [0.3, 0.4) is 0 Å². The quantitative estimate of drug-likeness (QED) is 0.315. The van der Waals surface area contributed by atoms with Gasteiger partial charge < -0.3 is 14.6 Å². The lowest BCUT2D eigenvalue weighted by molar-refractivity contribution is -0.166. The van der Waals surface area contributed by atoms with E-state index in [9.17, 15) is 24.3 Å². The molecule has 0 aromatic carbocycles. The Balaban J connectivity index is 1.54. The van der Waals surface area contributed by atoms with Gasteiger partial charge in [-0.1, -0.05) is 47.3 Å². The highest BCUT2D eigenvalue weighted by Gasteiger charge is 2.81. The Hall–Kier alpha value is -2.28. The van der Waals surface area contributed by atoms with Crippen molar-refractivity contribution in [2.45, 2.75) is 99.2 Å². The van der Waals surface area contributed by atoms with Gasteiger partial charge in [0.1, 0.15) is 6.10 Å². The molecule has 0 heterocycles. The Bertz CT molecular complexity index is 1200. The second kappa shape index (κ2) is 9.89. The lowest BCUT2D eigenvalue weighted by Crippen LogP contribution is -2.56. The van der Waals surface area contributed by atoms with Crippen LogP contribution in [0.15, 0.2) is 24.3 Å². The molecule has 0 amide bonds. The summed E-state index contributed by atoms with van der Waals surface area (Å²) >= 11 is 0. The van der Waals surface area contributed by atoms with Crippen LogP contribution in [-0.4, -0.2) is 47.4 Å². The van der Waals surface area contributed by atoms with E-state index < -0.39 is 30.0 Å². The summed E-state index contributed by atoms with van der Waals surface area (Å²) in [6.45, 7) is 16.9. The van der Waals surface area contributed by atoms with E-state index in [0.29, 0.717) is 18.3 Å². The van der Waals surface area contributed by atoms with E-state index in [1.807, 2.05) is 13.0 Å². The third-order valence-corrected chi connectivity index (χ3v) is 13.1. The van der Waals surface area contributed by atoms with E-state index in [1.54, 1.807) is 6.92 Å². The van der Waals surface area contributed by atoms with Crippen molar-refractivity contribution >= 4 is 23.5 Å². The third-order valence-electron chi connectivity index (χ3n) is 13.1. The summed E-state index contributed by atoms with van der Waals surface area (Å²) in [5.41, 5.74) is -0.000337. The van der Waals surface area contributed by atoms with E-state index in [4.69, 9.17) is 9.47 Å². The van der Waals surface area contributed by atoms with Crippen LogP contribution in [0.1, 0.15) is 87.0 Å². The summed E-state index contributed by atoms with van der Waals surface area (Å²) in [5.74, 6) is -1.31. The van der Waals surface area contributed by atoms with Crippen LogP contribution in [0.2, 0.25) is 0 Å². The van der Waals surface area contributed by atoms with Gasteiger partial charge in [0.25, 0.3) is 0 Å². The first-order chi connectivity index (χ1) is 19.1. The Morgan fingerprint density at radius 3 is 2.39 bits per heavy atom. The van der Waals surface area contributed by atoms with E-state index >= 15 is 0 Å². The standard InChI is InChI=1S/C34H48O7/c1-18(16-35)19(2)29(39)30(41-23(6)37)21(4)28-26(40-22(5)36)15-32(8)27-10-9-24-20(3)25(38)11-12-33(24)17-34(27,33)14-13-31(28,32)7/h11-12,18,20-21,24,26-28,30,35H,2,9-10,13-17H2,1,3-8H3/t18?,20-,21?,24-,26-,27-,28-,30+,31+,32-,33?,34?/m0/s1. The lowest BCUT2D eigenvalue weighted by atomic mass is 9.43. The number of ether oxygens (including phenoxy) is 2. The maximum Gasteiger partial charge on any atom is 0.303 e. The molecule has 0 radical (unpaired) electrons. The molecule has 7 heteroatoms. The predicted octanol–water partition coefficient (Wildman–Crippen LogP) is 5.24. The van der Waals surface area contributed by atoms with Crippen LogP contribution in [0.4, 0.5) is 0 Å². The zero-order valence-electron chi connectivity index (χ0n) is 25.8.